The van der Waals surface area contributed by atoms with Gasteiger partial charge in [-0.2, -0.15) is 0 Å². The zero-order valence-corrected chi connectivity index (χ0v) is 15.7. The third kappa shape index (κ3) is 4.46. The van der Waals surface area contributed by atoms with Crippen LogP contribution in [-0.4, -0.2) is 30.3 Å². The van der Waals surface area contributed by atoms with Gasteiger partial charge in [0.15, 0.2) is 5.11 Å². The van der Waals surface area contributed by atoms with Crippen LogP contribution in [0.3, 0.4) is 0 Å². The summed E-state index contributed by atoms with van der Waals surface area (Å²) >= 11 is 6.79. The molecule has 0 saturated carbocycles. The largest absolute Gasteiger partial charge is 0.376 e. The second-order valence-corrected chi connectivity index (χ2v) is 8.05. The molecule has 1 aromatic rings. The number of fused-ring (bicyclic) bond motifs is 1. The molecule has 3 rings (SSSR count). The number of thiophene rings is 1. The summed E-state index contributed by atoms with van der Waals surface area (Å²) in [6, 6.07) is 2.04. The Bertz CT molecular complexity index is 597. The minimum atomic E-state index is -0.122. The molecule has 1 aromatic heterocycles. The SMILES string of the molecule is CC[C@@H]1CCc2sc(C(=O)NNC(=S)NC[C@@H]3CCCO3)cc2C1. The fraction of sp³-hybridized carbons (Fsp3) is 0.647. The predicted octanol–water partition coefficient (Wildman–Crippen LogP) is 2.55. The van der Waals surface area contributed by atoms with Crippen molar-refractivity contribution < 1.29 is 9.53 Å². The van der Waals surface area contributed by atoms with Crippen molar-refractivity contribution in [3.8, 4) is 0 Å². The van der Waals surface area contributed by atoms with Crippen molar-refractivity contribution in [1.29, 1.82) is 0 Å². The standard InChI is InChI=1S/C17H25N3O2S2/c1-2-11-5-6-14-12(8-11)9-15(24-14)16(21)19-20-17(23)18-10-13-4-3-7-22-13/h9,11,13H,2-8,10H2,1H3,(H,19,21)(H2,18,20,23)/t11-,13+/m1/s1. The molecule has 1 aliphatic carbocycles. The average Bonchev–Trinajstić information content (AvgIpc) is 3.26. The summed E-state index contributed by atoms with van der Waals surface area (Å²) in [5.41, 5.74) is 6.81. The minimum absolute atomic E-state index is 0.122. The molecular weight excluding hydrogens is 342 g/mol. The highest BCUT2D eigenvalue weighted by Crippen LogP contribution is 2.33. The van der Waals surface area contributed by atoms with E-state index in [1.54, 1.807) is 11.3 Å². The van der Waals surface area contributed by atoms with Gasteiger partial charge in [-0.3, -0.25) is 15.6 Å². The molecule has 1 aliphatic heterocycles. The van der Waals surface area contributed by atoms with Crippen LogP contribution in [0.4, 0.5) is 0 Å². The number of hydrogen-bond donors (Lipinski definition) is 3. The number of hydrogen-bond acceptors (Lipinski definition) is 4. The summed E-state index contributed by atoms with van der Waals surface area (Å²) < 4.78 is 5.53. The van der Waals surface area contributed by atoms with Crippen LogP contribution in [0, 0.1) is 5.92 Å². The van der Waals surface area contributed by atoms with Crippen LogP contribution in [0.15, 0.2) is 6.07 Å². The molecule has 2 atom stereocenters. The zero-order chi connectivity index (χ0) is 16.9. The zero-order valence-electron chi connectivity index (χ0n) is 14.0. The van der Waals surface area contributed by atoms with E-state index >= 15 is 0 Å². The van der Waals surface area contributed by atoms with Crippen molar-refractivity contribution in [3.63, 3.8) is 0 Å². The van der Waals surface area contributed by atoms with Crippen LogP contribution in [0.5, 0.6) is 0 Å². The maximum atomic E-state index is 12.3. The topological polar surface area (TPSA) is 62.4 Å². The van der Waals surface area contributed by atoms with Gasteiger partial charge in [-0.25, -0.2) is 0 Å². The number of nitrogens with one attached hydrogen (secondary N) is 3. The highest BCUT2D eigenvalue weighted by Gasteiger charge is 2.22. The van der Waals surface area contributed by atoms with Crippen molar-refractivity contribution in [2.75, 3.05) is 13.2 Å². The normalized spacial score (nSPS) is 22.7. The quantitative estimate of drug-likeness (QED) is 0.564. The van der Waals surface area contributed by atoms with Crippen LogP contribution in [0.1, 0.15) is 52.7 Å². The first kappa shape index (κ1) is 17.6. The van der Waals surface area contributed by atoms with Crippen LogP contribution in [0.25, 0.3) is 0 Å². The number of ether oxygens (including phenoxy) is 1. The Labute approximate surface area is 152 Å². The van der Waals surface area contributed by atoms with Gasteiger partial charge in [-0.1, -0.05) is 13.3 Å². The highest BCUT2D eigenvalue weighted by molar-refractivity contribution is 7.80. The second kappa shape index (κ2) is 8.27. The molecule has 0 radical (unpaired) electrons. The molecule has 7 heteroatoms. The van der Waals surface area contributed by atoms with Gasteiger partial charge >= 0.3 is 0 Å². The Morgan fingerprint density at radius 3 is 3.04 bits per heavy atom. The third-order valence-corrected chi connectivity index (χ3v) is 6.27. The number of aryl methyl sites for hydroxylation is 1. The van der Waals surface area contributed by atoms with Gasteiger partial charge in [0.2, 0.25) is 0 Å². The first-order valence-electron chi connectivity index (χ1n) is 8.73. The summed E-state index contributed by atoms with van der Waals surface area (Å²) in [6.07, 6.45) is 7.03. The maximum absolute atomic E-state index is 12.3. The van der Waals surface area contributed by atoms with Crippen molar-refractivity contribution in [2.24, 2.45) is 5.92 Å². The van der Waals surface area contributed by atoms with E-state index in [0.29, 0.717) is 11.7 Å². The van der Waals surface area contributed by atoms with Crippen LogP contribution < -0.4 is 16.2 Å². The van der Waals surface area contributed by atoms with Gasteiger partial charge in [0.1, 0.15) is 0 Å². The van der Waals surface area contributed by atoms with E-state index in [-0.39, 0.29) is 12.0 Å². The minimum Gasteiger partial charge on any atom is -0.376 e. The molecule has 3 N–H and O–H groups in total. The second-order valence-electron chi connectivity index (χ2n) is 6.50. The predicted molar refractivity (Wildman–Crippen MR) is 100 cm³/mol. The Hall–Kier alpha value is -1.18. The molecule has 24 heavy (non-hydrogen) atoms. The Kier molecular flexibility index (Phi) is 6.08. The molecule has 1 fully saturated rings. The van der Waals surface area contributed by atoms with E-state index < -0.39 is 0 Å². The lowest BCUT2D eigenvalue weighted by Crippen LogP contribution is -2.48. The van der Waals surface area contributed by atoms with Crippen LogP contribution in [0.2, 0.25) is 0 Å². The Balaban J connectivity index is 1.45. The Morgan fingerprint density at radius 1 is 1.42 bits per heavy atom. The van der Waals surface area contributed by atoms with Crippen LogP contribution >= 0.6 is 23.6 Å². The molecule has 132 valence electrons. The first-order valence-corrected chi connectivity index (χ1v) is 9.95. The van der Waals surface area contributed by atoms with Crippen LogP contribution in [-0.2, 0) is 17.6 Å². The average molecular weight is 368 g/mol. The van der Waals surface area contributed by atoms with E-state index in [1.807, 2.05) is 6.07 Å². The van der Waals surface area contributed by atoms with Gasteiger partial charge in [-0.15, -0.1) is 11.3 Å². The van der Waals surface area contributed by atoms with Crippen molar-refractivity contribution in [1.82, 2.24) is 16.2 Å². The van der Waals surface area contributed by atoms with E-state index in [1.165, 1.54) is 23.3 Å². The van der Waals surface area contributed by atoms with Gasteiger partial charge in [0.25, 0.3) is 5.91 Å². The summed E-state index contributed by atoms with van der Waals surface area (Å²) in [6.45, 7) is 3.74. The Morgan fingerprint density at radius 2 is 2.29 bits per heavy atom. The highest BCUT2D eigenvalue weighted by atomic mass is 32.1. The maximum Gasteiger partial charge on any atom is 0.279 e. The molecule has 2 heterocycles. The lowest BCUT2D eigenvalue weighted by molar-refractivity contribution is 0.0947. The molecule has 1 amide bonds. The number of hydrazine groups is 1. The first-order chi connectivity index (χ1) is 11.7. The van der Waals surface area contributed by atoms with Gasteiger partial charge in [0.05, 0.1) is 11.0 Å². The van der Waals surface area contributed by atoms with E-state index in [2.05, 4.69) is 23.1 Å². The molecule has 0 aromatic carbocycles. The molecule has 5 nitrogen and oxygen atoms in total. The smallest absolute Gasteiger partial charge is 0.279 e. The summed E-state index contributed by atoms with van der Waals surface area (Å²) in [5.74, 6) is 0.638. The fourth-order valence-corrected chi connectivity index (χ4v) is 4.53. The summed E-state index contributed by atoms with van der Waals surface area (Å²) in [5, 5.41) is 3.50. The number of carbonyl (C=O) groups excluding carboxylic acids is 1. The molecular formula is C17H25N3O2S2. The van der Waals surface area contributed by atoms with Crippen molar-refractivity contribution in [3.05, 3.63) is 21.4 Å². The third-order valence-electron chi connectivity index (χ3n) is 4.79. The number of carbonyl (C=O) groups is 1. The monoisotopic (exact) mass is 367 g/mol. The van der Waals surface area contributed by atoms with E-state index in [0.717, 1.165) is 43.1 Å². The van der Waals surface area contributed by atoms with E-state index in [4.69, 9.17) is 17.0 Å². The van der Waals surface area contributed by atoms with Gasteiger partial charge in [-0.05, 0) is 61.9 Å². The summed E-state index contributed by atoms with van der Waals surface area (Å²) in [7, 11) is 0. The number of thiocarbonyl (C=S) groups is 1. The summed E-state index contributed by atoms with van der Waals surface area (Å²) in [4.78, 5) is 14.4. The lowest BCUT2D eigenvalue weighted by Gasteiger charge is -2.19. The molecule has 0 spiro atoms. The fourth-order valence-electron chi connectivity index (χ4n) is 3.29. The molecule has 0 bridgehead atoms. The van der Waals surface area contributed by atoms with Crippen molar-refractivity contribution >= 4 is 34.6 Å². The number of rotatable bonds is 4. The van der Waals surface area contributed by atoms with Gasteiger partial charge in [0, 0.05) is 18.0 Å². The van der Waals surface area contributed by atoms with E-state index in [9.17, 15) is 4.79 Å². The van der Waals surface area contributed by atoms with Crippen molar-refractivity contribution in [2.45, 2.75) is 51.6 Å². The van der Waals surface area contributed by atoms with Gasteiger partial charge < -0.3 is 10.1 Å². The lowest BCUT2D eigenvalue weighted by atomic mass is 9.87. The molecule has 1 saturated heterocycles. The molecule has 2 aliphatic rings. The molecule has 0 unspecified atom stereocenters. The number of amides is 1.